The van der Waals surface area contributed by atoms with E-state index in [0.717, 1.165) is 5.56 Å². The summed E-state index contributed by atoms with van der Waals surface area (Å²) in [6.07, 6.45) is 3.23. The van der Waals surface area contributed by atoms with E-state index in [2.05, 4.69) is 10.4 Å². The Balaban J connectivity index is 2.08. The second-order valence-electron chi connectivity index (χ2n) is 3.96. The zero-order chi connectivity index (χ0) is 14.0. The van der Waals surface area contributed by atoms with Crippen LogP contribution in [0.25, 0.3) is 0 Å². The summed E-state index contributed by atoms with van der Waals surface area (Å²) in [5.41, 5.74) is 0.458. The zero-order valence-electron chi connectivity index (χ0n) is 9.95. The van der Waals surface area contributed by atoms with E-state index in [0.29, 0.717) is 12.1 Å². The van der Waals surface area contributed by atoms with Gasteiger partial charge in [0.25, 0.3) is 5.91 Å². The minimum absolute atomic E-state index is 0.160. The van der Waals surface area contributed by atoms with Gasteiger partial charge in [-0.2, -0.15) is 5.10 Å². The number of carbonyl (C=O) groups excluding carboxylic acids is 1. The van der Waals surface area contributed by atoms with Gasteiger partial charge in [0, 0.05) is 30.9 Å². The highest BCUT2D eigenvalue weighted by Gasteiger charge is 2.14. The number of hydrogen-bond donors (Lipinski definition) is 1. The molecule has 0 aliphatic carbocycles. The van der Waals surface area contributed by atoms with Gasteiger partial charge in [0.2, 0.25) is 0 Å². The predicted molar refractivity (Wildman–Crippen MR) is 60.7 cm³/mol. The number of aromatic nitrogens is 2. The van der Waals surface area contributed by atoms with Crippen LogP contribution in [-0.2, 0) is 13.6 Å². The fourth-order valence-electron chi connectivity index (χ4n) is 1.53. The van der Waals surface area contributed by atoms with Gasteiger partial charge in [-0.3, -0.25) is 9.48 Å². The summed E-state index contributed by atoms with van der Waals surface area (Å²) in [5, 5.41) is 6.36. The van der Waals surface area contributed by atoms with Crippen molar-refractivity contribution in [3.63, 3.8) is 0 Å². The molecule has 2 aromatic rings. The molecule has 0 saturated heterocycles. The van der Waals surface area contributed by atoms with Gasteiger partial charge in [0.05, 0.1) is 6.20 Å². The summed E-state index contributed by atoms with van der Waals surface area (Å²) in [6, 6.07) is 1.30. The first kappa shape index (κ1) is 13.1. The number of carbonyl (C=O) groups is 1. The minimum atomic E-state index is -1.59. The van der Waals surface area contributed by atoms with Crippen LogP contribution in [-0.4, -0.2) is 15.7 Å². The van der Waals surface area contributed by atoms with Crippen molar-refractivity contribution in [3.05, 3.63) is 53.1 Å². The van der Waals surface area contributed by atoms with Gasteiger partial charge in [-0.25, -0.2) is 13.2 Å². The molecule has 1 amide bonds. The molecule has 0 radical (unpaired) electrons. The standard InChI is InChI=1S/C12H10F3N3O/c1-18-6-7(5-17-18)4-16-12(19)8-2-9(13)11(15)10(14)3-8/h2-3,5-6H,4H2,1H3,(H,16,19). The van der Waals surface area contributed by atoms with Crippen molar-refractivity contribution >= 4 is 5.91 Å². The Bertz CT molecular complexity index is 601. The Morgan fingerprint density at radius 1 is 1.32 bits per heavy atom. The average molecular weight is 269 g/mol. The van der Waals surface area contributed by atoms with Crippen molar-refractivity contribution in [2.24, 2.45) is 7.05 Å². The Morgan fingerprint density at radius 2 is 1.95 bits per heavy atom. The highest BCUT2D eigenvalue weighted by Crippen LogP contribution is 2.13. The maximum atomic E-state index is 13.0. The molecule has 0 atom stereocenters. The quantitative estimate of drug-likeness (QED) is 0.863. The molecule has 1 aromatic carbocycles. The topological polar surface area (TPSA) is 46.9 Å². The van der Waals surface area contributed by atoms with E-state index in [1.54, 1.807) is 24.1 Å². The molecule has 0 unspecified atom stereocenters. The van der Waals surface area contributed by atoms with Crippen molar-refractivity contribution in [1.82, 2.24) is 15.1 Å². The summed E-state index contributed by atoms with van der Waals surface area (Å²) in [7, 11) is 1.72. The van der Waals surface area contributed by atoms with Gasteiger partial charge < -0.3 is 5.32 Å². The first-order valence-electron chi connectivity index (χ1n) is 5.37. The van der Waals surface area contributed by atoms with E-state index in [-0.39, 0.29) is 12.1 Å². The van der Waals surface area contributed by atoms with Crippen LogP contribution in [0, 0.1) is 17.5 Å². The molecule has 0 aliphatic heterocycles. The van der Waals surface area contributed by atoms with E-state index < -0.39 is 23.4 Å². The second kappa shape index (κ2) is 5.13. The highest BCUT2D eigenvalue weighted by atomic mass is 19.2. The van der Waals surface area contributed by atoms with Crippen LogP contribution in [0.1, 0.15) is 15.9 Å². The van der Waals surface area contributed by atoms with E-state index in [4.69, 9.17) is 0 Å². The largest absolute Gasteiger partial charge is 0.348 e. The summed E-state index contributed by atoms with van der Waals surface area (Å²) >= 11 is 0. The Labute approximate surface area is 106 Å². The highest BCUT2D eigenvalue weighted by molar-refractivity contribution is 5.94. The molecule has 1 heterocycles. The number of aryl methyl sites for hydroxylation is 1. The van der Waals surface area contributed by atoms with Crippen LogP contribution >= 0.6 is 0 Å². The lowest BCUT2D eigenvalue weighted by molar-refractivity contribution is 0.0949. The number of rotatable bonds is 3. The molecule has 0 spiro atoms. The van der Waals surface area contributed by atoms with Gasteiger partial charge in [-0.05, 0) is 12.1 Å². The molecule has 0 fully saturated rings. The molecule has 19 heavy (non-hydrogen) atoms. The summed E-state index contributed by atoms with van der Waals surface area (Å²) in [5.74, 6) is -5.08. The Kier molecular flexibility index (Phi) is 3.55. The van der Waals surface area contributed by atoms with Gasteiger partial charge >= 0.3 is 0 Å². The number of hydrogen-bond acceptors (Lipinski definition) is 2. The van der Waals surface area contributed by atoms with Crippen molar-refractivity contribution in [2.45, 2.75) is 6.54 Å². The Morgan fingerprint density at radius 3 is 2.47 bits per heavy atom. The molecule has 7 heteroatoms. The number of benzene rings is 1. The van der Waals surface area contributed by atoms with E-state index in [1.165, 1.54) is 0 Å². The molecule has 2 rings (SSSR count). The number of nitrogens with zero attached hydrogens (tertiary/aromatic N) is 2. The molecule has 100 valence electrons. The SMILES string of the molecule is Cn1cc(CNC(=O)c2cc(F)c(F)c(F)c2)cn1. The first-order valence-corrected chi connectivity index (χ1v) is 5.37. The van der Waals surface area contributed by atoms with E-state index in [1.807, 2.05) is 0 Å². The van der Waals surface area contributed by atoms with Crippen LogP contribution in [0.4, 0.5) is 13.2 Å². The van der Waals surface area contributed by atoms with Gasteiger partial charge in [-0.15, -0.1) is 0 Å². The van der Waals surface area contributed by atoms with Crippen molar-refractivity contribution in [1.29, 1.82) is 0 Å². The van der Waals surface area contributed by atoms with Crippen LogP contribution < -0.4 is 5.32 Å². The third-order valence-corrected chi connectivity index (χ3v) is 2.46. The van der Waals surface area contributed by atoms with Gasteiger partial charge in [0.1, 0.15) is 0 Å². The molecule has 0 saturated carbocycles. The van der Waals surface area contributed by atoms with Crippen molar-refractivity contribution in [2.75, 3.05) is 0 Å². The minimum Gasteiger partial charge on any atom is -0.348 e. The number of halogens is 3. The fourth-order valence-corrected chi connectivity index (χ4v) is 1.53. The molecule has 0 aliphatic rings. The molecule has 1 aromatic heterocycles. The molecular weight excluding hydrogens is 259 g/mol. The zero-order valence-corrected chi connectivity index (χ0v) is 9.95. The van der Waals surface area contributed by atoms with E-state index in [9.17, 15) is 18.0 Å². The first-order chi connectivity index (χ1) is 8.97. The monoisotopic (exact) mass is 269 g/mol. The average Bonchev–Trinajstić information content (AvgIpc) is 2.78. The maximum Gasteiger partial charge on any atom is 0.251 e. The summed E-state index contributed by atoms with van der Waals surface area (Å²) < 4.78 is 40.2. The van der Waals surface area contributed by atoms with E-state index >= 15 is 0 Å². The van der Waals surface area contributed by atoms with Gasteiger partial charge in [0.15, 0.2) is 17.5 Å². The summed E-state index contributed by atoms with van der Waals surface area (Å²) in [4.78, 5) is 11.6. The van der Waals surface area contributed by atoms with Crippen LogP contribution in [0.15, 0.2) is 24.5 Å². The van der Waals surface area contributed by atoms with Crippen molar-refractivity contribution < 1.29 is 18.0 Å². The second-order valence-corrected chi connectivity index (χ2v) is 3.96. The molecular formula is C12H10F3N3O. The number of amides is 1. The third-order valence-electron chi connectivity index (χ3n) is 2.46. The lowest BCUT2D eigenvalue weighted by Gasteiger charge is -2.04. The lowest BCUT2D eigenvalue weighted by Crippen LogP contribution is -2.23. The molecule has 0 bridgehead atoms. The Hall–Kier alpha value is -2.31. The normalized spacial score (nSPS) is 10.5. The summed E-state index contributed by atoms with van der Waals surface area (Å²) in [6.45, 7) is 0.160. The van der Waals surface area contributed by atoms with Crippen LogP contribution in [0.3, 0.4) is 0 Å². The number of nitrogens with one attached hydrogen (secondary N) is 1. The molecule has 4 nitrogen and oxygen atoms in total. The predicted octanol–water partition coefficient (Wildman–Crippen LogP) is 1.77. The van der Waals surface area contributed by atoms with Gasteiger partial charge in [-0.1, -0.05) is 0 Å². The third kappa shape index (κ3) is 2.93. The fraction of sp³-hybridized carbons (Fsp3) is 0.167. The van der Waals surface area contributed by atoms with Crippen LogP contribution in [0.2, 0.25) is 0 Å². The lowest BCUT2D eigenvalue weighted by atomic mass is 10.2. The van der Waals surface area contributed by atoms with Crippen LogP contribution in [0.5, 0.6) is 0 Å². The van der Waals surface area contributed by atoms with Crippen molar-refractivity contribution in [3.8, 4) is 0 Å². The maximum absolute atomic E-state index is 13.0. The molecule has 1 N–H and O–H groups in total. The smallest absolute Gasteiger partial charge is 0.251 e.